The van der Waals surface area contributed by atoms with Gasteiger partial charge in [0.05, 0.1) is 19.7 Å². The summed E-state index contributed by atoms with van der Waals surface area (Å²) in [6.45, 7) is 0.0455. The number of piperidine rings is 1. The summed E-state index contributed by atoms with van der Waals surface area (Å²) in [7, 11) is -2.01. The smallest absolute Gasteiger partial charge is 0.345 e. The molecule has 10 heteroatoms. The van der Waals surface area contributed by atoms with Gasteiger partial charge in [-0.1, -0.05) is 0 Å². The van der Waals surface area contributed by atoms with E-state index >= 15 is 0 Å². The van der Waals surface area contributed by atoms with Crippen LogP contribution in [0, 0.1) is 0 Å². The summed E-state index contributed by atoms with van der Waals surface area (Å²) in [5.41, 5.74) is 0. The lowest BCUT2D eigenvalue weighted by Crippen LogP contribution is -2.50. The van der Waals surface area contributed by atoms with Gasteiger partial charge < -0.3 is 10.2 Å². The maximum atomic E-state index is 12.1. The number of carbonyl (C=O) groups excluding carboxylic acids is 3. The molecule has 22 heavy (non-hydrogen) atoms. The molecular weight excluding hydrogens is 314 g/mol. The van der Waals surface area contributed by atoms with Gasteiger partial charge in [0.2, 0.25) is 5.91 Å². The number of rotatable bonds is 6. The van der Waals surface area contributed by atoms with Crippen LogP contribution in [-0.4, -0.2) is 80.4 Å². The molecule has 0 aromatic heterocycles. The predicted octanol–water partition coefficient (Wildman–Crippen LogP) is -1.45. The third kappa shape index (κ3) is 3.55. The number of ketones is 1. The summed E-state index contributed by atoms with van der Waals surface area (Å²) < 4.78 is 22.0. The van der Waals surface area contributed by atoms with Crippen molar-refractivity contribution in [3.63, 3.8) is 0 Å². The molecule has 9 nitrogen and oxygen atoms in total. The summed E-state index contributed by atoms with van der Waals surface area (Å²) in [6.07, 6.45) is 2.06. The van der Waals surface area contributed by atoms with E-state index in [1.807, 2.05) is 0 Å². The van der Waals surface area contributed by atoms with E-state index in [9.17, 15) is 22.8 Å². The van der Waals surface area contributed by atoms with Gasteiger partial charge >= 0.3 is 6.03 Å². The van der Waals surface area contributed by atoms with Crippen LogP contribution >= 0.6 is 0 Å². The Labute approximate surface area is 128 Å². The first-order valence-corrected chi connectivity index (χ1v) is 8.90. The van der Waals surface area contributed by atoms with Crippen molar-refractivity contribution >= 4 is 27.6 Å². The lowest BCUT2D eigenvalue weighted by atomic mass is 10.0. The van der Waals surface area contributed by atoms with E-state index in [-0.39, 0.29) is 18.6 Å². The minimum Gasteiger partial charge on any atom is -0.347 e. The Kier molecular flexibility index (Phi) is 4.71. The first-order chi connectivity index (χ1) is 10.2. The van der Waals surface area contributed by atoms with E-state index in [0.717, 1.165) is 6.26 Å². The molecule has 0 radical (unpaired) electrons. The molecule has 2 aliphatic heterocycles. The van der Waals surface area contributed by atoms with E-state index in [1.165, 1.54) is 17.1 Å². The van der Waals surface area contributed by atoms with E-state index < -0.39 is 33.3 Å². The molecule has 2 saturated heterocycles. The maximum absolute atomic E-state index is 12.1. The van der Waals surface area contributed by atoms with Crippen LogP contribution in [0.1, 0.15) is 12.8 Å². The molecule has 2 rings (SSSR count). The van der Waals surface area contributed by atoms with Gasteiger partial charge in [0.15, 0.2) is 15.6 Å². The van der Waals surface area contributed by atoms with Crippen molar-refractivity contribution in [2.75, 3.05) is 32.2 Å². The molecule has 0 unspecified atom stereocenters. The number of nitrogens with zero attached hydrogens (tertiary/aromatic N) is 2. The molecule has 1 N–H and O–H groups in total. The number of fused-ring (bicyclic) bond motifs is 2. The van der Waals surface area contributed by atoms with Gasteiger partial charge in [-0.2, -0.15) is 5.06 Å². The average molecular weight is 333 g/mol. The van der Waals surface area contributed by atoms with Crippen LogP contribution < -0.4 is 5.32 Å². The average Bonchev–Trinajstić information content (AvgIpc) is 2.66. The Morgan fingerprint density at radius 3 is 2.64 bits per heavy atom. The molecule has 124 valence electrons. The standard InChI is InChI=1S/C12H19N3O6S/c1-21-15-8-3-4-10(14(6-8)12(15)18)11(17)13-5-9(16)7-22(2,19)20/h8,10H,3-7H2,1-2H3,(H,13,17)/t8-,10+/m1/s1. The fourth-order valence-electron chi connectivity index (χ4n) is 2.78. The minimum absolute atomic E-state index is 0.0617. The highest BCUT2D eigenvalue weighted by Crippen LogP contribution is 2.29. The first kappa shape index (κ1) is 16.7. The zero-order chi connectivity index (χ0) is 16.5. The van der Waals surface area contributed by atoms with Crippen molar-refractivity contribution in [3.8, 4) is 0 Å². The second-order valence-corrected chi connectivity index (χ2v) is 7.66. The van der Waals surface area contributed by atoms with Gasteiger partial charge in [0.1, 0.15) is 11.8 Å². The molecule has 0 aromatic carbocycles. The van der Waals surface area contributed by atoms with Crippen LogP contribution in [0.25, 0.3) is 0 Å². The Morgan fingerprint density at radius 1 is 1.36 bits per heavy atom. The topological polar surface area (TPSA) is 113 Å². The van der Waals surface area contributed by atoms with E-state index in [1.54, 1.807) is 0 Å². The summed E-state index contributed by atoms with van der Waals surface area (Å²) in [5.74, 6) is -1.65. The minimum atomic E-state index is -3.41. The largest absolute Gasteiger partial charge is 0.347 e. The third-order valence-corrected chi connectivity index (χ3v) is 4.55. The molecule has 0 aliphatic carbocycles. The maximum Gasteiger partial charge on any atom is 0.345 e. The molecule has 2 heterocycles. The highest BCUT2D eigenvalue weighted by Gasteiger charge is 2.47. The van der Waals surface area contributed by atoms with Crippen LogP contribution in [0.15, 0.2) is 0 Å². The second-order valence-electron chi connectivity index (χ2n) is 5.52. The number of hydrogen-bond acceptors (Lipinski definition) is 6. The number of urea groups is 1. The van der Waals surface area contributed by atoms with Crippen molar-refractivity contribution in [3.05, 3.63) is 0 Å². The van der Waals surface area contributed by atoms with Crippen LogP contribution in [0.2, 0.25) is 0 Å². The Bertz CT molecular complexity index is 590. The monoisotopic (exact) mass is 333 g/mol. The number of carbonyl (C=O) groups is 3. The zero-order valence-corrected chi connectivity index (χ0v) is 13.3. The molecular formula is C12H19N3O6S. The molecule has 0 saturated carbocycles. The fourth-order valence-corrected chi connectivity index (χ4v) is 3.47. The zero-order valence-electron chi connectivity index (χ0n) is 12.4. The first-order valence-electron chi connectivity index (χ1n) is 6.84. The van der Waals surface area contributed by atoms with E-state index in [0.29, 0.717) is 19.4 Å². The predicted molar refractivity (Wildman–Crippen MR) is 75.5 cm³/mol. The van der Waals surface area contributed by atoms with Gasteiger partial charge in [-0.15, -0.1) is 0 Å². The van der Waals surface area contributed by atoms with Crippen molar-refractivity contribution in [2.24, 2.45) is 0 Å². The number of hydrogen-bond donors (Lipinski definition) is 1. The molecule has 2 bridgehead atoms. The highest BCUT2D eigenvalue weighted by molar-refractivity contribution is 7.91. The molecule has 2 fully saturated rings. The Hall–Kier alpha value is -1.68. The van der Waals surface area contributed by atoms with Crippen LogP contribution in [0.4, 0.5) is 4.79 Å². The number of nitrogens with one attached hydrogen (secondary N) is 1. The lowest BCUT2D eigenvalue weighted by molar-refractivity contribution is -0.128. The van der Waals surface area contributed by atoms with Gasteiger partial charge in [-0.3, -0.25) is 14.4 Å². The number of sulfone groups is 1. The van der Waals surface area contributed by atoms with Gasteiger partial charge in [0.25, 0.3) is 0 Å². The number of Topliss-reactive ketones (excluding diaryl/α,β-unsaturated/α-hetero) is 1. The van der Waals surface area contributed by atoms with E-state index in [4.69, 9.17) is 4.84 Å². The second kappa shape index (κ2) is 6.21. The normalized spacial score (nSPS) is 24.5. The quantitative estimate of drug-likeness (QED) is 0.636. The molecule has 0 aromatic rings. The number of amides is 3. The van der Waals surface area contributed by atoms with Crippen molar-refractivity contribution in [1.29, 1.82) is 0 Å². The molecule has 2 aliphatic rings. The summed E-state index contributed by atoms with van der Waals surface area (Å²) >= 11 is 0. The van der Waals surface area contributed by atoms with Gasteiger partial charge in [-0.05, 0) is 12.8 Å². The van der Waals surface area contributed by atoms with Crippen LogP contribution in [-0.2, 0) is 24.3 Å². The van der Waals surface area contributed by atoms with Gasteiger partial charge in [-0.25, -0.2) is 13.2 Å². The Morgan fingerprint density at radius 2 is 2.05 bits per heavy atom. The van der Waals surface area contributed by atoms with Crippen molar-refractivity contribution < 1.29 is 27.6 Å². The van der Waals surface area contributed by atoms with Crippen molar-refractivity contribution in [2.45, 2.75) is 24.9 Å². The van der Waals surface area contributed by atoms with E-state index in [2.05, 4.69) is 5.32 Å². The third-order valence-electron chi connectivity index (χ3n) is 3.71. The molecule has 2 atom stereocenters. The summed E-state index contributed by atoms with van der Waals surface area (Å²) in [4.78, 5) is 42.1. The summed E-state index contributed by atoms with van der Waals surface area (Å²) in [5, 5.41) is 3.66. The van der Waals surface area contributed by atoms with Gasteiger partial charge in [0, 0.05) is 12.8 Å². The van der Waals surface area contributed by atoms with Crippen LogP contribution in [0.3, 0.4) is 0 Å². The highest BCUT2D eigenvalue weighted by atomic mass is 32.2. The molecule has 0 spiro atoms. The number of hydroxylamine groups is 2. The van der Waals surface area contributed by atoms with Crippen molar-refractivity contribution in [1.82, 2.24) is 15.3 Å². The lowest BCUT2D eigenvalue weighted by Gasteiger charge is -2.29. The Balaban J connectivity index is 1.91. The SMILES string of the molecule is CON1C(=O)N2C[C@H]1CC[C@H]2C(=O)NCC(=O)CS(C)(=O)=O. The van der Waals surface area contributed by atoms with Crippen LogP contribution in [0.5, 0.6) is 0 Å². The fraction of sp³-hybridized carbons (Fsp3) is 0.750. The summed E-state index contributed by atoms with van der Waals surface area (Å²) in [6, 6.07) is -1.09. The molecule has 3 amide bonds.